The molecule has 0 amide bonds. The van der Waals surface area contributed by atoms with E-state index in [0.29, 0.717) is 5.82 Å². The standard InChI is InChI=1S/C54H36N2O/c1-54(40-21-9-4-10-22-40)47-29-13-11-23-42(47)44-26-16-28-46(51(44)54)49-34-48(55-53(56-49)36-19-7-3-8-20-36)39-32-37(35-17-5-2-6-18-35)31-38(33-39)41-25-15-27-45-43-24-12-14-30-50(43)57-52(41)45/h2-34H,1H3. The van der Waals surface area contributed by atoms with Crippen LogP contribution in [0.15, 0.2) is 205 Å². The average molecular weight is 729 g/mol. The molecule has 2 heterocycles. The third-order valence-electron chi connectivity index (χ3n) is 11.8. The molecule has 11 rings (SSSR count). The summed E-state index contributed by atoms with van der Waals surface area (Å²) in [5, 5.41) is 2.22. The molecule has 0 saturated heterocycles. The minimum Gasteiger partial charge on any atom is -0.455 e. The Hall–Kier alpha value is -7.36. The maximum atomic E-state index is 6.58. The molecule has 268 valence electrons. The van der Waals surface area contributed by atoms with Gasteiger partial charge in [-0.1, -0.05) is 170 Å². The highest BCUT2D eigenvalue weighted by atomic mass is 16.3. The van der Waals surface area contributed by atoms with Crippen LogP contribution in [0.1, 0.15) is 23.6 Å². The fourth-order valence-corrected chi connectivity index (χ4v) is 9.04. The largest absolute Gasteiger partial charge is 0.455 e. The van der Waals surface area contributed by atoms with Crippen LogP contribution >= 0.6 is 0 Å². The van der Waals surface area contributed by atoms with Gasteiger partial charge in [0.2, 0.25) is 0 Å². The quantitative estimate of drug-likeness (QED) is 0.171. The van der Waals surface area contributed by atoms with Crippen LogP contribution in [0.25, 0.3) is 89.2 Å². The molecule has 0 bridgehead atoms. The van der Waals surface area contributed by atoms with Gasteiger partial charge in [-0.3, -0.25) is 0 Å². The Morgan fingerprint density at radius 3 is 1.81 bits per heavy atom. The van der Waals surface area contributed by atoms with Crippen molar-refractivity contribution in [2.45, 2.75) is 12.3 Å². The molecule has 10 aromatic rings. The number of rotatable bonds is 6. The fourth-order valence-electron chi connectivity index (χ4n) is 9.04. The first-order chi connectivity index (χ1) is 28.1. The van der Waals surface area contributed by atoms with Gasteiger partial charge in [0, 0.05) is 38.4 Å². The van der Waals surface area contributed by atoms with Crippen LogP contribution in [-0.4, -0.2) is 9.97 Å². The molecule has 1 atom stereocenters. The number of hydrogen-bond acceptors (Lipinski definition) is 3. The maximum absolute atomic E-state index is 6.58. The van der Waals surface area contributed by atoms with E-state index in [0.717, 1.165) is 72.3 Å². The SMILES string of the molecule is CC1(c2ccccc2)c2ccccc2-c2cccc(-c3cc(-c4cc(-c5ccccc5)cc(-c5cccc6c5oc5ccccc56)c4)nc(-c4ccccc4)n3)c21. The molecule has 3 heteroatoms. The van der Waals surface area contributed by atoms with E-state index in [4.69, 9.17) is 14.4 Å². The summed E-state index contributed by atoms with van der Waals surface area (Å²) in [7, 11) is 0. The zero-order valence-electron chi connectivity index (χ0n) is 31.4. The minimum atomic E-state index is -0.395. The second-order valence-electron chi connectivity index (χ2n) is 15.0. The number of fused-ring (bicyclic) bond motifs is 6. The summed E-state index contributed by atoms with van der Waals surface area (Å²) in [6.45, 7) is 2.37. The summed E-state index contributed by atoms with van der Waals surface area (Å²) in [6, 6.07) is 71.0. The smallest absolute Gasteiger partial charge is 0.160 e. The first kappa shape index (κ1) is 33.0. The summed E-state index contributed by atoms with van der Waals surface area (Å²) in [4.78, 5) is 10.8. The van der Waals surface area contributed by atoms with Crippen LogP contribution in [0.4, 0.5) is 0 Å². The van der Waals surface area contributed by atoms with E-state index < -0.39 is 5.41 Å². The minimum absolute atomic E-state index is 0.395. The number of hydrogen-bond donors (Lipinski definition) is 0. The van der Waals surface area contributed by atoms with Crippen molar-refractivity contribution >= 4 is 21.9 Å². The third-order valence-corrected chi connectivity index (χ3v) is 11.8. The molecule has 0 N–H and O–H groups in total. The Kier molecular flexibility index (Phi) is 7.61. The Bertz CT molecular complexity index is 3130. The highest BCUT2D eigenvalue weighted by Crippen LogP contribution is 2.55. The van der Waals surface area contributed by atoms with E-state index >= 15 is 0 Å². The van der Waals surface area contributed by atoms with Crippen LogP contribution < -0.4 is 0 Å². The molecule has 1 aliphatic rings. The lowest BCUT2D eigenvalue weighted by molar-refractivity contribution is 0.670. The highest BCUT2D eigenvalue weighted by molar-refractivity contribution is 6.10. The normalized spacial score (nSPS) is 14.5. The van der Waals surface area contributed by atoms with Crippen molar-refractivity contribution in [3.05, 3.63) is 217 Å². The Balaban J connectivity index is 1.17. The molecule has 0 radical (unpaired) electrons. The molecule has 2 aromatic heterocycles. The van der Waals surface area contributed by atoms with Crippen molar-refractivity contribution in [1.82, 2.24) is 9.97 Å². The monoisotopic (exact) mass is 728 g/mol. The van der Waals surface area contributed by atoms with Crippen LogP contribution in [-0.2, 0) is 5.41 Å². The summed E-state index contributed by atoms with van der Waals surface area (Å²) in [5.41, 5.74) is 16.8. The second kappa shape index (κ2) is 13.1. The molecule has 0 aliphatic heterocycles. The van der Waals surface area contributed by atoms with E-state index in [1.54, 1.807) is 0 Å². The number of aromatic nitrogens is 2. The predicted molar refractivity (Wildman–Crippen MR) is 234 cm³/mol. The first-order valence-corrected chi connectivity index (χ1v) is 19.5. The van der Waals surface area contributed by atoms with Crippen molar-refractivity contribution in [1.29, 1.82) is 0 Å². The van der Waals surface area contributed by atoms with E-state index in [-0.39, 0.29) is 0 Å². The fraction of sp³-hybridized carbons (Fsp3) is 0.0370. The zero-order chi connectivity index (χ0) is 37.9. The molecule has 3 nitrogen and oxygen atoms in total. The van der Waals surface area contributed by atoms with Crippen molar-refractivity contribution in [2.24, 2.45) is 0 Å². The third kappa shape index (κ3) is 5.35. The molecule has 57 heavy (non-hydrogen) atoms. The Morgan fingerprint density at radius 1 is 0.404 bits per heavy atom. The van der Waals surface area contributed by atoms with Gasteiger partial charge in [0.1, 0.15) is 11.2 Å². The van der Waals surface area contributed by atoms with E-state index in [2.05, 4.69) is 189 Å². The molecule has 0 saturated carbocycles. The van der Waals surface area contributed by atoms with Gasteiger partial charge in [0.25, 0.3) is 0 Å². The molecule has 0 fully saturated rings. The average Bonchev–Trinajstić information content (AvgIpc) is 3.80. The molecular formula is C54H36N2O. The number of nitrogens with zero attached hydrogens (tertiary/aromatic N) is 2. The van der Waals surface area contributed by atoms with Crippen molar-refractivity contribution in [2.75, 3.05) is 0 Å². The summed E-state index contributed by atoms with van der Waals surface area (Å²) >= 11 is 0. The van der Waals surface area contributed by atoms with Gasteiger partial charge in [-0.25, -0.2) is 9.97 Å². The van der Waals surface area contributed by atoms with Crippen LogP contribution in [0.3, 0.4) is 0 Å². The van der Waals surface area contributed by atoms with Crippen LogP contribution in [0.5, 0.6) is 0 Å². The van der Waals surface area contributed by atoms with Gasteiger partial charge in [-0.05, 0) is 81.8 Å². The van der Waals surface area contributed by atoms with Gasteiger partial charge < -0.3 is 4.42 Å². The van der Waals surface area contributed by atoms with Gasteiger partial charge in [-0.15, -0.1) is 0 Å². The van der Waals surface area contributed by atoms with E-state index in [1.165, 1.54) is 27.8 Å². The van der Waals surface area contributed by atoms with Crippen molar-refractivity contribution < 1.29 is 4.42 Å². The Morgan fingerprint density at radius 2 is 0.982 bits per heavy atom. The lowest BCUT2D eigenvalue weighted by Gasteiger charge is -2.30. The van der Waals surface area contributed by atoms with Gasteiger partial charge in [0.05, 0.1) is 11.4 Å². The predicted octanol–water partition coefficient (Wildman–Crippen LogP) is 14.0. The van der Waals surface area contributed by atoms with Crippen molar-refractivity contribution in [3.63, 3.8) is 0 Å². The van der Waals surface area contributed by atoms with Gasteiger partial charge in [-0.2, -0.15) is 0 Å². The first-order valence-electron chi connectivity index (χ1n) is 19.5. The lowest BCUT2D eigenvalue weighted by atomic mass is 9.72. The summed E-state index contributed by atoms with van der Waals surface area (Å²) < 4.78 is 6.58. The molecular weight excluding hydrogens is 693 g/mol. The number of benzene rings is 8. The van der Waals surface area contributed by atoms with E-state index in [1.807, 2.05) is 18.2 Å². The van der Waals surface area contributed by atoms with E-state index in [9.17, 15) is 0 Å². The maximum Gasteiger partial charge on any atom is 0.160 e. The Labute approximate surface area is 331 Å². The lowest BCUT2D eigenvalue weighted by Crippen LogP contribution is -2.23. The summed E-state index contributed by atoms with van der Waals surface area (Å²) in [5.74, 6) is 0.684. The summed E-state index contributed by atoms with van der Waals surface area (Å²) in [6.07, 6.45) is 0. The van der Waals surface area contributed by atoms with Crippen LogP contribution in [0.2, 0.25) is 0 Å². The molecule has 1 aliphatic carbocycles. The van der Waals surface area contributed by atoms with Gasteiger partial charge >= 0.3 is 0 Å². The number of para-hydroxylation sites is 2. The molecule has 8 aromatic carbocycles. The van der Waals surface area contributed by atoms with Crippen molar-refractivity contribution in [3.8, 4) is 67.3 Å². The second-order valence-corrected chi connectivity index (χ2v) is 15.0. The van der Waals surface area contributed by atoms with Crippen LogP contribution in [0, 0.1) is 0 Å². The molecule has 1 unspecified atom stereocenters. The highest BCUT2D eigenvalue weighted by Gasteiger charge is 2.42. The zero-order valence-corrected chi connectivity index (χ0v) is 31.4. The topological polar surface area (TPSA) is 38.9 Å². The number of furan rings is 1. The molecule has 0 spiro atoms. The van der Waals surface area contributed by atoms with Gasteiger partial charge in [0.15, 0.2) is 5.82 Å².